The van der Waals surface area contributed by atoms with Crippen molar-refractivity contribution in [1.29, 1.82) is 0 Å². The van der Waals surface area contributed by atoms with Crippen LogP contribution >= 0.6 is 24.2 Å². The fourth-order valence-corrected chi connectivity index (χ4v) is 6.68. The quantitative estimate of drug-likeness (QED) is 0.325. The number of fused-ring (bicyclic) bond motifs is 1. The second-order valence-electron chi connectivity index (χ2n) is 9.01. The van der Waals surface area contributed by atoms with Crippen LogP contribution in [0.25, 0.3) is 0 Å². The fourth-order valence-electron chi connectivity index (χ4n) is 5.20. The monoisotopic (exact) mass is 493 g/mol. The number of carbonyl (C=O) groups is 2. The molecule has 2 fully saturated rings. The average molecular weight is 494 g/mol. The van der Waals surface area contributed by atoms with Crippen molar-refractivity contribution in [3.05, 3.63) is 58.6 Å². The Morgan fingerprint density at radius 1 is 1.39 bits per heavy atom. The van der Waals surface area contributed by atoms with E-state index in [0.29, 0.717) is 0 Å². The van der Waals surface area contributed by atoms with Crippen molar-refractivity contribution in [1.82, 2.24) is 10.2 Å². The zero-order valence-electron chi connectivity index (χ0n) is 18.8. The van der Waals surface area contributed by atoms with Crippen molar-refractivity contribution in [2.75, 3.05) is 6.54 Å². The first kappa shape index (κ1) is 25.8. The van der Waals surface area contributed by atoms with Gasteiger partial charge in [0.05, 0.1) is 18.1 Å². The third-order valence-electron chi connectivity index (χ3n) is 6.88. The molecule has 1 amide bonds. The number of carbonyl (C=O) groups excluding carboxylic acids is 1. The maximum absolute atomic E-state index is 12.5. The van der Waals surface area contributed by atoms with Crippen molar-refractivity contribution < 1.29 is 19.8 Å². The van der Waals surface area contributed by atoms with Crippen LogP contribution in [-0.2, 0) is 9.59 Å². The molecule has 5 N–H and O–H groups in total. The van der Waals surface area contributed by atoms with Gasteiger partial charge in [0.1, 0.15) is 5.70 Å². The molecule has 33 heavy (non-hydrogen) atoms. The molecule has 180 valence electrons. The minimum absolute atomic E-state index is 0. The number of aliphatic hydroxyl groups is 1. The van der Waals surface area contributed by atoms with Crippen LogP contribution in [0.2, 0.25) is 0 Å². The van der Waals surface area contributed by atoms with Gasteiger partial charge < -0.3 is 26.2 Å². The largest absolute Gasteiger partial charge is 0.477 e. The smallest absolute Gasteiger partial charge is 0.353 e. The highest BCUT2D eigenvalue weighted by Crippen LogP contribution is 2.52. The molecule has 2 saturated heterocycles. The first-order valence-electron chi connectivity index (χ1n) is 11.1. The number of aliphatic carboxylic acids is 1. The Morgan fingerprint density at radius 2 is 2.06 bits per heavy atom. The number of carboxylic acid groups (broad SMARTS) is 1. The van der Waals surface area contributed by atoms with Gasteiger partial charge in [0.15, 0.2) is 0 Å². The summed E-state index contributed by atoms with van der Waals surface area (Å²) in [5.41, 5.74) is 8.51. The second kappa shape index (κ2) is 10.2. The Kier molecular flexibility index (Phi) is 7.96. The number of rotatable bonds is 8. The third kappa shape index (κ3) is 4.59. The zero-order valence-corrected chi connectivity index (χ0v) is 20.4. The fraction of sp³-hybridized carbons (Fsp3) is 0.500. The molecule has 0 radical (unpaired) electrons. The zero-order chi connectivity index (χ0) is 23.2. The van der Waals surface area contributed by atoms with Crippen molar-refractivity contribution in [3.63, 3.8) is 0 Å². The molecule has 0 aliphatic carbocycles. The van der Waals surface area contributed by atoms with Crippen LogP contribution in [-0.4, -0.2) is 50.9 Å². The number of halogens is 1. The lowest BCUT2D eigenvalue weighted by molar-refractivity contribution is -0.163. The first-order chi connectivity index (χ1) is 15.2. The molecule has 1 aromatic carbocycles. The predicted octanol–water partition coefficient (Wildman–Crippen LogP) is 2.97. The number of β-lactam (4-membered cyclic amide) rings is 1. The topological polar surface area (TPSA) is 116 Å². The van der Waals surface area contributed by atoms with E-state index >= 15 is 0 Å². The van der Waals surface area contributed by atoms with Gasteiger partial charge in [-0.1, -0.05) is 37.3 Å². The molecule has 0 bridgehead atoms. The summed E-state index contributed by atoms with van der Waals surface area (Å²) in [7, 11) is 0. The van der Waals surface area contributed by atoms with Crippen molar-refractivity contribution in [2.45, 2.75) is 56.2 Å². The van der Waals surface area contributed by atoms with Crippen molar-refractivity contribution in [3.8, 4) is 0 Å². The lowest BCUT2D eigenvalue weighted by Crippen LogP contribution is -2.63. The van der Waals surface area contributed by atoms with Crippen LogP contribution < -0.4 is 11.1 Å². The standard InChI is InChI=1S/C24H31N3O4S.ClH/c1-4-5-17(25)14-6-8-15(9-7-14)18-10-16(11-26-18)32-22-12(2)20-19(13(3)28)23(29)27(20)21(22)24(30)31;/h4,6-9,12-13,16-20,26,28H,1,5,10-11,25H2,2-3H3,(H,30,31);1H/t12-,13-,16+,17?,18-,19-,20-;/m1./s1. The first-order valence-corrected chi connectivity index (χ1v) is 12.0. The minimum Gasteiger partial charge on any atom is -0.477 e. The van der Waals surface area contributed by atoms with Gasteiger partial charge >= 0.3 is 5.97 Å². The summed E-state index contributed by atoms with van der Waals surface area (Å²) < 4.78 is 0. The van der Waals surface area contributed by atoms with E-state index in [1.54, 1.807) is 18.7 Å². The molecule has 3 heterocycles. The van der Waals surface area contributed by atoms with Gasteiger partial charge in [0.25, 0.3) is 0 Å². The molecule has 0 saturated carbocycles. The van der Waals surface area contributed by atoms with Gasteiger partial charge in [-0.05, 0) is 30.9 Å². The number of nitrogens with zero attached hydrogens (tertiary/aromatic N) is 1. The van der Waals surface area contributed by atoms with Gasteiger partial charge in [0.2, 0.25) is 5.91 Å². The average Bonchev–Trinajstić information content (AvgIpc) is 3.30. The van der Waals surface area contributed by atoms with E-state index < -0.39 is 18.0 Å². The Balaban J connectivity index is 0.00000306. The summed E-state index contributed by atoms with van der Waals surface area (Å²) in [5, 5.41) is 23.6. The second-order valence-corrected chi connectivity index (χ2v) is 10.3. The normalized spacial score (nSPS) is 30.4. The van der Waals surface area contributed by atoms with E-state index in [-0.39, 0.29) is 53.3 Å². The molecule has 9 heteroatoms. The Hall–Kier alpha value is -1.84. The molecule has 0 aromatic heterocycles. The number of hydrogen-bond acceptors (Lipinski definition) is 6. The van der Waals surface area contributed by atoms with Gasteiger partial charge in [0, 0.05) is 34.7 Å². The van der Waals surface area contributed by atoms with Gasteiger partial charge in [-0.25, -0.2) is 4.79 Å². The molecular weight excluding hydrogens is 462 g/mol. The number of amides is 1. The van der Waals surface area contributed by atoms with E-state index in [2.05, 4.69) is 36.2 Å². The van der Waals surface area contributed by atoms with E-state index in [0.717, 1.165) is 29.9 Å². The number of carboxylic acids is 1. The summed E-state index contributed by atoms with van der Waals surface area (Å²) in [6, 6.07) is 8.18. The highest BCUT2D eigenvalue weighted by Gasteiger charge is 2.60. The number of thioether (sulfide) groups is 1. The third-order valence-corrected chi connectivity index (χ3v) is 8.39. The Bertz CT molecular complexity index is 952. The van der Waals surface area contributed by atoms with Gasteiger partial charge in [-0.3, -0.25) is 4.79 Å². The van der Waals surface area contributed by atoms with Crippen molar-refractivity contribution in [2.24, 2.45) is 17.6 Å². The molecule has 3 aliphatic heterocycles. The van der Waals surface area contributed by atoms with Crippen molar-refractivity contribution >= 4 is 36.0 Å². The predicted molar refractivity (Wildman–Crippen MR) is 132 cm³/mol. The van der Waals surface area contributed by atoms with E-state index in [4.69, 9.17) is 5.73 Å². The van der Waals surface area contributed by atoms with E-state index in [1.165, 1.54) is 10.5 Å². The van der Waals surface area contributed by atoms with Crippen LogP contribution in [0.15, 0.2) is 47.5 Å². The molecular formula is C24H32ClN3O4S. The summed E-state index contributed by atoms with van der Waals surface area (Å²) in [6.45, 7) is 8.06. The van der Waals surface area contributed by atoms with Crippen LogP contribution in [0.5, 0.6) is 0 Å². The Morgan fingerprint density at radius 3 is 2.64 bits per heavy atom. The maximum Gasteiger partial charge on any atom is 0.353 e. The van der Waals surface area contributed by atoms with E-state index in [9.17, 15) is 19.8 Å². The number of nitrogens with two attached hydrogens (primary N) is 1. The highest BCUT2D eigenvalue weighted by atomic mass is 35.5. The lowest BCUT2D eigenvalue weighted by Gasteiger charge is -2.46. The van der Waals surface area contributed by atoms with Gasteiger partial charge in [-0.2, -0.15) is 0 Å². The maximum atomic E-state index is 12.5. The number of aliphatic hydroxyl groups excluding tert-OH is 1. The van der Waals surface area contributed by atoms with Gasteiger partial charge in [-0.15, -0.1) is 30.7 Å². The minimum atomic E-state index is -1.08. The lowest BCUT2D eigenvalue weighted by atomic mass is 9.79. The van der Waals surface area contributed by atoms with Crippen LogP contribution in [0.4, 0.5) is 0 Å². The summed E-state index contributed by atoms with van der Waals surface area (Å²) in [5.74, 6) is -2.00. The van der Waals surface area contributed by atoms with Crippen LogP contribution in [0.3, 0.4) is 0 Å². The van der Waals surface area contributed by atoms with E-state index in [1.807, 2.05) is 13.0 Å². The molecule has 1 aromatic rings. The molecule has 7 atom stereocenters. The summed E-state index contributed by atoms with van der Waals surface area (Å²) in [6.07, 6.45) is 2.63. The molecule has 0 spiro atoms. The molecule has 3 aliphatic rings. The number of benzene rings is 1. The molecule has 7 nitrogen and oxygen atoms in total. The summed E-state index contributed by atoms with van der Waals surface area (Å²) in [4.78, 5) is 26.7. The molecule has 1 unspecified atom stereocenters. The van der Waals surface area contributed by atoms with Crippen LogP contribution in [0.1, 0.15) is 49.9 Å². The molecule has 4 rings (SSSR count). The summed E-state index contributed by atoms with van der Waals surface area (Å²) >= 11 is 1.57. The highest BCUT2D eigenvalue weighted by molar-refractivity contribution is 8.03. The van der Waals surface area contributed by atoms with Crippen LogP contribution in [0, 0.1) is 11.8 Å². The number of hydrogen-bond donors (Lipinski definition) is 4. The Labute approximate surface area is 204 Å². The SMILES string of the molecule is C=CCC(N)c1ccc([C@H]2C[C@H](SC3=C(C(=O)O)N4C(=O)[C@H]([C@@H](C)O)[C@H]4[C@H]3C)CN2)cc1.Cl. The number of nitrogens with one attached hydrogen (secondary N) is 1.